The van der Waals surface area contributed by atoms with Gasteiger partial charge in [-0.05, 0) is 30.4 Å². The molecule has 164 valence electrons. The number of allylic oxidation sites excluding steroid dienone is 4. The standard InChI is InChI=1S/C22H18F2N4O3S/c1-31-17-9-19-20(12-25)21(28(16-3-2-4-16)22(19)26-13-17)14-5-7-18(8-6-14)32(29,30)27-15(10-23)11-24/h2-9,13,15,27H,10-11H2,1H3. The van der Waals surface area contributed by atoms with Crippen molar-refractivity contribution in [2.45, 2.75) is 10.9 Å². The molecule has 2 aromatic heterocycles. The van der Waals surface area contributed by atoms with Gasteiger partial charge in [-0.2, -0.15) is 5.26 Å². The summed E-state index contributed by atoms with van der Waals surface area (Å²) in [4.78, 5) is 4.31. The van der Waals surface area contributed by atoms with E-state index >= 15 is 0 Å². The van der Waals surface area contributed by atoms with Crippen LogP contribution in [0.2, 0.25) is 0 Å². The molecule has 32 heavy (non-hydrogen) atoms. The molecule has 0 saturated carbocycles. The van der Waals surface area contributed by atoms with Gasteiger partial charge in [0, 0.05) is 16.6 Å². The number of aromatic nitrogens is 2. The van der Waals surface area contributed by atoms with E-state index in [1.165, 1.54) is 19.2 Å². The van der Waals surface area contributed by atoms with E-state index in [0.717, 1.165) is 5.70 Å². The molecular weight excluding hydrogens is 438 g/mol. The molecule has 1 aromatic carbocycles. The minimum atomic E-state index is -4.11. The van der Waals surface area contributed by atoms with Gasteiger partial charge < -0.3 is 4.74 Å². The number of methoxy groups -OCH3 is 1. The molecule has 0 spiro atoms. The van der Waals surface area contributed by atoms with Crippen LogP contribution in [0.25, 0.3) is 28.0 Å². The monoisotopic (exact) mass is 456 g/mol. The zero-order chi connectivity index (χ0) is 22.9. The average Bonchev–Trinajstić information content (AvgIpc) is 3.09. The number of alkyl halides is 2. The van der Waals surface area contributed by atoms with E-state index in [-0.39, 0.29) is 4.90 Å². The lowest BCUT2D eigenvalue weighted by Crippen LogP contribution is -2.37. The minimum Gasteiger partial charge on any atom is -0.495 e. The molecule has 7 nitrogen and oxygen atoms in total. The quantitative estimate of drug-likeness (QED) is 0.559. The second-order valence-electron chi connectivity index (χ2n) is 7.02. The van der Waals surface area contributed by atoms with Gasteiger partial charge in [-0.1, -0.05) is 18.2 Å². The topological polar surface area (TPSA) is 97.0 Å². The molecule has 10 heteroatoms. The SMILES string of the molecule is COc1cnc2c(c1)c(C#N)c(-c1ccc(S(=O)(=O)NC(CF)CF)cc1)n2C1=CC=C1. The number of benzene rings is 1. The number of nitrogens with zero attached hydrogens (tertiary/aromatic N) is 3. The highest BCUT2D eigenvalue weighted by Gasteiger charge is 2.24. The third-order valence-corrected chi connectivity index (χ3v) is 6.59. The van der Waals surface area contributed by atoms with Gasteiger partial charge in [0.05, 0.1) is 35.5 Å². The maximum atomic E-state index is 12.8. The first kappa shape index (κ1) is 21.7. The number of rotatable bonds is 8. The number of fused-ring (bicyclic) bond motifs is 1. The fraction of sp³-hybridized carbons (Fsp3) is 0.182. The number of sulfonamides is 1. The lowest BCUT2D eigenvalue weighted by Gasteiger charge is -2.16. The summed E-state index contributed by atoms with van der Waals surface area (Å²) in [6.45, 7) is -2.31. The molecule has 3 aromatic rings. The molecule has 2 heterocycles. The van der Waals surface area contributed by atoms with Gasteiger partial charge in [-0.3, -0.25) is 4.57 Å². The summed E-state index contributed by atoms with van der Waals surface area (Å²) in [6.07, 6.45) is 7.15. The van der Waals surface area contributed by atoms with Crippen molar-refractivity contribution in [2.24, 2.45) is 0 Å². The van der Waals surface area contributed by atoms with Crippen LogP contribution >= 0.6 is 0 Å². The average molecular weight is 456 g/mol. The summed E-state index contributed by atoms with van der Waals surface area (Å²) in [7, 11) is -2.60. The van der Waals surface area contributed by atoms with Crippen molar-refractivity contribution < 1.29 is 21.9 Å². The van der Waals surface area contributed by atoms with Crippen LogP contribution in [-0.4, -0.2) is 44.5 Å². The van der Waals surface area contributed by atoms with Gasteiger partial charge in [-0.25, -0.2) is 26.9 Å². The number of hydrogen-bond acceptors (Lipinski definition) is 5. The summed E-state index contributed by atoms with van der Waals surface area (Å²) in [5.41, 5.74) is 2.85. The van der Waals surface area contributed by atoms with Crippen molar-refractivity contribution in [1.29, 1.82) is 5.26 Å². The first-order valence-corrected chi connectivity index (χ1v) is 11.0. The van der Waals surface area contributed by atoms with Crippen LogP contribution in [0.4, 0.5) is 8.78 Å². The maximum absolute atomic E-state index is 12.8. The molecular formula is C22H18F2N4O3S. The lowest BCUT2D eigenvalue weighted by atomic mass is 10.1. The Balaban J connectivity index is 1.84. The van der Waals surface area contributed by atoms with Gasteiger partial charge >= 0.3 is 0 Å². The Morgan fingerprint density at radius 2 is 1.94 bits per heavy atom. The Morgan fingerprint density at radius 1 is 1.25 bits per heavy atom. The molecule has 0 saturated heterocycles. The highest BCUT2D eigenvalue weighted by atomic mass is 32.2. The molecule has 0 aliphatic heterocycles. The third kappa shape index (κ3) is 3.66. The smallest absolute Gasteiger partial charge is 0.240 e. The Hall–Kier alpha value is -3.55. The summed E-state index contributed by atoms with van der Waals surface area (Å²) in [5, 5.41) is 10.5. The van der Waals surface area contributed by atoms with Crippen LogP contribution in [0.5, 0.6) is 5.75 Å². The number of ether oxygens (including phenoxy) is 1. The Bertz CT molecular complexity index is 1380. The van der Waals surface area contributed by atoms with Crippen LogP contribution in [-0.2, 0) is 10.0 Å². The molecule has 0 fully saturated rings. The number of nitriles is 1. The molecule has 0 unspecified atom stereocenters. The Kier molecular flexibility index (Phi) is 5.78. The van der Waals surface area contributed by atoms with Crippen LogP contribution in [0, 0.1) is 11.3 Å². The van der Waals surface area contributed by atoms with Gasteiger partial charge in [0.15, 0.2) is 0 Å². The van der Waals surface area contributed by atoms with E-state index in [0.29, 0.717) is 33.6 Å². The van der Waals surface area contributed by atoms with Crippen LogP contribution in [0.3, 0.4) is 0 Å². The highest BCUT2D eigenvalue weighted by molar-refractivity contribution is 7.89. The number of hydrogen-bond donors (Lipinski definition) is 1. The molecule has 4 rings (SSSR count). The normalized spacial score (nSPS) is 13.2. The first-order valence-electron chi connectivity index (χ1n) is 9.55. The molecule has 1 aliphatic rings. The summed E-state index contributed by atoms with van der Waals surface area (Å²) in [6, 6.07) is 8.24. The van der Waals surface area contributed by atoms with Crippen LogP contribution < -0.4 is 9.46 Å². The van der Waals surface area contributed by atoms with Crippen LogP contribution in [0.1, 0.15) is 5.56 Å². The predicted octanol–water partition coefficient (Wildman–Crippen LogP) is 3.58. The van der Waals surface area contributed by atoms with Crippen molar-refractivity contribution in [3.63, 3.8) is 0 Å². The van der Waals surface area contributed by atoms with Crippen LogP contribution in [0.15, 0.2) is 59.7 Å². The summed E-state index contributed by atoms with van der Waals surface area (Å²) in [5.74, 6) is 0.499. The van der Waals surface area contributed by atoms with Gasteiger partial charge in [0.25, 0.3) is 0 Å². The summed E-state index contributed by atoms with van der Waals surface area (Å²) >= 11 is 0. The largest absolute Gasteiger partial charge is 0.495 e. The zero-order valence-electron chi connectivity index (χ0n) is 16.9. The molecule has 0 amide bonds. The number of pyridine rings is 1. The number of halogens is 2. The summed E-state index contributed by atoms with van der Waals surface area (Å²) < 4.78 is 59.4. The molecule has 0 radical (unpaired) electrons. The molecule has 1 aliphatic carbocycles. The Morgan fingerprint density at radius 3 is 2.47 bits per heavy atom. The molecule has 1 N–H and O–H groups in total. The van der Waals surface area contributed by atoms with E-state index in [4.69, 9.17) is 4.74 Å². The zero-order valence-corrected chi connectivity index (χ0v) is 17.7. The van der Waals surface area contributed by atoms with Crippen molar-refractivity contribution in [1.82, 2.24) is 14.3 Å². The van der Waals surface area contributed by atoms with Crippen molar-refractivity contribution in [3.8, 4) is 23.1 Å². The Labute approximate surface area is 183 Å². The number of nitrogens with one attached hydrogen (secondary N) is 1. The predicted molar refractivity (Wildman–Crippen MR) is 116 cm³/mol. The van der Waals surface area contributed by atoms with Gasteiger partial charge in [-0.15, -0.1) is 0 Å². The van der Waals surface area contributed by atoms with Crippen molar-refractivity contribution >= 4 is 26.8 Å². The lowest BCUT2D eigenvalue weighted by molar-refractivity contribution is 0.334. The second kappa shape index (κ2) is 8.53. The van der Waals surface area contributed by atoms with E-state index in [9.17, 15) is 22.5 Å². The molecule has 0 atom stereocenters. The van der Waals surface area contributed by atoms with E-state index in [1.807, 2.05) is 27.5 Å². The van der Waals surface area contributed by atoms with Gasteiger partial charge in [0.2, 0.25) is 10.0 Å². The van der Waals surface area contributed by atoms with Crippen molar-refractivity contribution in [3.05, 3.63) is 60.3 Å². The van der Waals surface area contributed by atoms with E-state index < -0.39 is 29.4 Å². The third-order valence-electron chi connectivity index (χ3n) is 5.06. The van der Waals surface area contributed by atoms with E-state index in [2.05, 4.69) is 11.1 Å². The highest BCUT2D eigenvalue weighted by Crippen LogP contribution is 2.38. The minimum absolute atomic E-state index is 0.142. The second-order valence-corrected chi connectivity index (χ2v) is 8.73. The fourth-order valence-corrected chi connectivity index (χ4v) is 4.61. The fourth-order valence-electron chi connectivity index (χ4n) is 3.41. The van der Waals surface area contributed by atoms with Gasteiger partial charge in [0.1, 0.15) is 30.8 Å². The first-order chi connectivity index (χ1) is 15.4. The van der Waals surface area contributed by atoms with E-state index in [1.54, 1.807) is 24.4 Å². The van der Waals surface area contributed by atoms with Crippen molar-refractivity contribution in [2.75, 3.05) is 20.5 Å². The maximum Gasteiger partial charge on any atom is 0.240 e. The molecule has 0 bridgehead atoms.